The molecule has 4 aliphatic rings. The molecule has 0 spiro atoms. The number of hydrogen-bond donors (Lipinski definition) is 2. The van der Waals surface area contributed by atoms with Crippen molar-refractivity contribution in [2.24, 2.45) is 34.5 Å². The molecule has 4 fully saturated rings. The molecule has 0 bridgehead atoms. The summed E-state index contributed by atoms with van der Waals surface area (Å²) in [6, 6.07) is 9.40. The molecule has 1 unspecified atom stereocenters. The molecule has 4 aliphatic carbocycles. The van der Waals surface area contributed by atoms with Gasteiger partial charge in [0.05, 0.1) is 6.10 Å². The van der Waals surface area contributed by atoms with Crippen molar-refractivity contribution in [1.29, 1.82) is 0 Å². The van der Waals surface area contributed by atoms with Crippen molar-refractivity contribution in [3.8, 4) is 5.75 Å². The summed E-state index contributed by atoms with van der Waals surface area (Å²) in [5.74, 6) is 1.80. The molecule has 0 heterocycles. The SMILES string of the molecule is C[C@]12C[C@H](O)[C@H]3[C@@H](CCC4CC(=O)CC[C@]43C)[C@@H]1CC[C@]2(Oc1ccccc1)C(=O)CO. The van der Waals surface area contributed by atoms with E-state index in [1.165, 1.54) is 0 Å². The van der Waals surface area contributed by atoms with Crippen molar-refractivity contribution in [2.45, 2.75) is 76.9 Å². The molecule has 0 radical (unpaired) electrons. The Morgan fingerprint density at radius 1 is 1.12 bits per heavy atom. The van der Waals surface area contributed by atoms with Crippen LogP contribution >= 0.6 is 0 Å². The molecule has 174 valence electrons. The van der Waals surface area contributed by atoms with E-state index >= 15 is 0 Å². The number of ketones is 2. The van der Waals surface area contributed by atoms with Crippen LogP contribution in [0.15, 0.2) is 30.3 Å². The van der Waals surface area contributed by atoms with Gasteiger partial charge in [0, 0.05) is 18.3 Å². The third kappa shape index (κ3) is 2.96. The Labute approximate surface area is 190 Å². The molecule has 8 atom stereocenters. The Bertz CT molecular complexity index is 899. The minimum Gasteiger partial charge on any atom is -0.479 e. The van der Waals surface area contributed by atoms with E-state index in [1.807, 2.05) is 30.3 Å². The maximum atomic E-state index is 13.3. The summed E-state index contributed by atoms with van der Waals surface area (Å²) >= 11 is 0. The minimum atomic E-state index is -1.12. The van der Waals surface area contributed by atoms with E-state index in [0.29, 0.717) is 49.1 Å². The topological polar surface area (TPSA) is 83.8 Å². The molecule has 32 heavy (non-hydrogen) atoms. The van der Waals surface area contributed by atoms with Crippen LogP contribution in [0.1, 0.15) is 65.2 Å². The van der Waals surface area contributed by atoms with E-state index in [9.17, 15) is 19.8 Å². The standard InChI is InChI=1S/C27H36O5/c1-25-12-10-18(29)14-17(25)8-9-20-21-11-13-27(23(31)16-28,32-19-6-4-3-5-7-19)26(21,2)15-22(30)24(20)25/h3-7,17,20-22,24,28,30H,8-16H2,1-2H3/t17?,20-,21-,22-,24+,25+,26-,27-/m0/s1. The van der Waals surface area contributed by atoms with Crippen molar-refractivity contribution in [3.63, 3.8) is 0 Å². The zero-order valence-corrected chi connectivity index (χ0v) is 19.3. The molecule has 0 saturated heterocycles. The quantitative estimate of drug-likeness (QED) is 0.741. The van der Waals surface area contributed by atoms with Gasteiger partial charge in [-0.1, -0.05) is 32.0 Å². The minimum absolute atomic E-state index is 0.0237. The molecular weight excluding hydrogens is 404 g/mol. The first kappa shape index (κ1) is 22.1. The average Bonchev–Trinajstić information content (AvgIpc) is 3.06. The molecule has 0 aromatic heterocycles. The van der Waals surface area contributed by atoms with E-state index in [-0.39, 0.29) is 23.0 Å². The number of rotatable bonds is 4. The highest BCUT2D eigenvalue weighted by Crippen LogP contribution is 2.68. The van der Waals surface area contributed by atoms with Gasteiger partial charge in [0.25, 0.3) is 0 Å². The largest absolute Gasteiger partial charge is 0.479 e. The van der Waals surface area contributed by atoms with E-state index in [1.54, 1.807) is 0 Å². The summed E-state index contributed by atoms with van der Waals surface area (Å²) in [5, 5.41) is 21.6. The van der Waals surface area contributed by atoms with Crippen LogP contribution in [0.5, 0.6) is 5.75 Å². The summed E-state index contributed by atoms with van der Waals surface area (Å²) in [7, 11) is 0. The first-order valence-electron chi connectivity index (χ1n) is 12.3. The smallest absolute Gasteiger partial charge is 0.202 e. The Balaban J connectivity index is 1.53. The fourth-order valence-electron chi connectivity index (χ4n) is 8.66. The van der Waals surface area contributed by atoms with Crippen LogP contribution < -0.4 is 4.74 Å². The second kappa shape index (κ2) is 7.66. The molecule has 1 aromatic carbocycles. The van der Waals surface area contributed by atoms with Gasteiger partial charge in [-0.05, 0) is 79.7 Å². The number of Topliss-reactive ketones (excluding diaryl/α,β-unsaturated/α-hetero) is 2. The lowest BCUT2D eigenvalue weighted by atomic mass is 9.43. The summed E-state index contributed by atoms with van der Waals surface area (Å²) in [6.07, 6.45) is 5.53. The number of benzene rings is 1. The molecule has 0 aliphatic heterocycles. The Morgan fingerprint density at radius 3 is 2.59 bits per heavy atom. The zero-order valence-electron chi connectivity index (χ0n) is 19.3. The summed E-state index contributed by atoms with van der Waals surface area (Å²) < 4.78 is 6.50. The number of para-hydroxylation sites is 1. The first-order valence-corrected chi connectivity index (χ1v) is 12.3. The Hall–Kier alpha value is -1.72. The van der Waals surface area contributed by atoms with Crippen LogP contribution in [-0.2, 0) is 9.59 Å². The zero-order chi connectivity index (χ0) is 22.7. The van der Waals surface area contributed by atoms with Gasteiger partial charge in [-0.15, -0.1) is 0 Å². The van der Waals surface area contributed by atoms with Crippen molar-refractivity contribution in [3.05, 3.63) is 30.3 Å². The molecule has 5 heteroatoms. The van der Waals surface area contributed by atoms with Gasteiger partial charge in [-0.2, -0.15) is 0 Å². The lowest BCUT2D eigenvalue weighted by Gasteiger charge is -2.62. The van der Waals surface area contributed by atoms with Crippen LogP contribution in [0.2, 0.25) is 0 Å². The Morgan fingerprint density at radius 2 is 1.88 bits per heavy atom. The molecule has 0 amide bonds. The van der Waals surface area contributed by atoms with Gasteiger partial charge in [0.15, 0.2) is 5.60 Å². The fourth-order valence-corrected chi connectivity index (χ4v) is 8.66. The van der Waals surface area contributed by atoms with Gasteiger partial charge in [0.2, 0.25) is 5.78 Å². The van der Waals surface area contributed by atoms with Crippen LogP contribution in [0.4, 0.5) is 0 Å². The van der Waals surface area contributed by atoms with Gasteiger partial charge >= 0.3 is 0 Å². The van der Waals surface area contributed by atoms with E-state index < -0.39 is 23.7 Å². The normalized spacial score (nSPS) is 45.5. The second-order valence-electron chi connectivity index (χ2n) is 11.4. The van der Waals surface area contributed by atoms with E-state index in [0.717, 1.165) is 25.7 Å². The number of carbonyl (C=O) groups excluding carboxylic acids is 2. The predicted molar refractivity (Wildman–Crippen MR) is 120 cm³/mol. The lowest BCUT2D eigenvalue weighted by molar-refractivity contribution is -0.194. The lowest BCUT2D eigenvalue weighted by Crippen LogP contribution is -2.64. The number of fused-ring (bicyclic) bond motifs is 5. The molecule has 2 N–H and O–H groups in total. The van der Waals surface area contributed by atoms with Crippen molar-refractivity contribution >= 4 is 11.6 Å². The van der Waals surface area contributed by atoms with E-state index in [4.69, 9.17) is 4.74 Å². The summed E-state index contributed by atoms with van der Waals surface area (Å²) in [6.45, 7) is 3.86. The van der Waals surface area contributed by atoms with E-state index in [2.05, 4.69) is 13.8 Å². The predicted octanol–water partition coefficient (Wildman–Crippen LogP) is 3.95. The second-order valence-corrected chi connectivity index (χ2v) is 11.4. The van der Waals surface area contributed by atoms with Crippen LogP contribution in [0.25, 0.3) is 0 Å². The maximum absolute atomic E-state index is 13.3. The van der Waals surface area contributed by atoms with Gasteiger partial charge in [-0.25, -0.2) is 0 Å². The summed E-state index contributed by atoms with van der Waals surface area (Å²) in [5.41, 5.74) is -1.69. The number of aliphatic hydroxyl groups excluding tert-OH is 2. The monoisotopic (exact) mass is 440 g/mol. The molecule has 5 nitrogen and oxygen atoms in total. The highest BCUT2D eigenvalue weighted by Gasteiger charge is 2.70. The number of hydrogen-bond acceptors (Lipinski definition) is 5. The average molecular weight is 441 g/mol. The van der Waals surface area contributed by atoms with Crippen LogP contribution in [-0.4, -0.2) is 40.1 Å². The summed E-state index contributed by atoms with van der Waals surface area (Å²) in [4.78, 5) is 25.5. The van der Waals surface area contributed by atoms with Gasteiger partial charge in [-0.3, -0.25) is 9.59 Å². The number of aliphatic hydroxyl groups is 2. The third-order valence-corrected chi connectivity index (χ3v) is 10.2. The molecule has 4 saturated carbocycles. The molecule has 5 rings (SSSR count). The highest BCUT2D eigenvalue weighted by molar-refractivity contribution is 5.90. The molecular formula is C27H36O5. The van der Waals surface area contributed by atoms with Crippen LogP contribution in [0.3, 0.4) is 0 Å². The maximum Gasteiger partial charge on any atom is 0.202 e. The van der Waals surface area contributed by atoms with Crippen LogP contribution in [0, 0.1) is 34.5 Å². The number of ether oxygens (including phenoxy) is 1. The van der Waals surface area contributed by atoms with Crippen molar-refractivity contribution < 1.29 is 24.5 Å². The third-order valence-electron chi connectivity index (χ3n) is 10.2. The number of carbonyl (C=O) groups is 2. The fraction of sp³-hybridized carbons (Fsp3) is 0.704. The van der Waals surface area contributed by atoms with Crippen molar-refractivity contribution in [2.75, 3.05) is 6.61 Å². The molecule has 1 aromatic rings. The van der Waals surface area contributed by atoms with Crippen molar-refractivity contribution in [1.82, 2.24) is 0 Å². The van der Waals surface area contributed by atoms with Gasteiger partial charge < -0.3 is 14.9 Å². The highest BCUT2D eigenvalue weighted by atomic mass is 16.5. The first-order chi connectivity index (χ1) is 15.2. The van der Waals surface area contributed by atoms with Gasteiger partial charge in [0.1, 0.15) is 18.1 Å². The Kier molecular flexibility index (Phi) is 5.29.